The van der Waals surface area contributed by atoms with Gasteiger partial charge in [-0.3, -0.25) is 0 Å². The normalized spacial score (nSPS) is 13.5. The van der Waals surface area contributed by atoms with Crippen LogP contribution in [0.2, 0.25) is 0 Å². The van der Waals surface area contributed by atoms with Crippen LogP contribution in [0.1, 0.15) is 32.5 Å². The minimum Gasteiger partial charge on any atom is -0.354 e. The van der Waals surface area contributed by atoms with E-state index in [1.165, 1.54) is 0 Å². The van der Waals surface area contributed by atoms with E-state index in [0.717, 1.165) is 18.2 Å². The fourth-order valence-electron chi connectivity index (χ4n) is 1.46. The minimum absolute atomic E-state index is 0.443. The molecule has 4 heteroatoms. The van der Waals surface area contributed by atoms with Gasteiger partial charge >= 0.3 is 0 Å². The zero-order chi connectivity index (χ0) is 12.3. The van der Waals surface area contributed by atoms with Gasteiger partial charge in [0.2, 0.25) is 5.95 Å². The predicted molar refractivity (Wildman–Crippen MR) is 69.0 cm³/mol. The third kappa shape index (κ3) is 3.23. The summed E-state index contributed by atoms with van der Waals surface area (Å²) in [6, 6.07) is 0.941. The molecule has 92 valence electrons. The standard InChI is InChI=1S/C12H24N4/c1-9(2)16-8-10(3)14-12(16)13-7-11(4)15(5)6/h8-9,11H,7H2,1-6H3,(H,13,14). The van der Waals surface area contributed by atoms with Crippen molar-refractivity contribution < 1.29 is 0 Å². The second kappa shape index (κ2) is 5.34. The molecule has 0 saturated carbocycles. The Bertz CT molecular complexity index is 328. The maximum Gasteiger partial charge on any atom is 0.203 e. The molecule has 0 spiro atoms. The van der Waals surface area contributed by atoms with Crippen LogP contribution < -0.4 is 5.32 Å². The summed E-state index contributed by atoms with van der Waals surface area (Å²) in [5, 5.41) is 3.41. The molecule has 1 unspecified atom stereocenters. The van der Waals surface area contributed by atoms with E-state index in [-0.39, 0.29) is 0 Å². The van der Waals surface area contributed by atoms with E-state index in [2.05, 4.69) is 60.8 Å². The number of hydrogen-bond donors (Lipinski definition) is 1. The van der Waals surface area contributed by atoms with E-state index in [9.17, 15) is 0 Å². The van der Waals surface area contributed by atoms with E-state index < -0.39 is 0 Å². The summed E-state index contributed by atoms with van der Waals surface area (Å²) in [5.41, 5.74) is 1.06. The molecule has 1 heterocycles. The lowest BCUT2D eigenvalue weighted by Gasteiger charge is -2.21. The van der Waals surface area contributed by atoms with Crippen molar-refractivity contribution in [2.24, 2.45) is 0 Å². The molecule has 0 aliphatic heterocycles. The molecule has 16 heavy (non-hydrogen) atoms. The molecule has 0 radical (unpaired) electrons. The number of imidazole rings is 1. The molecule has 0 amide bonds. The second-order valence-electron chi connectivity index (χ2n) is 4.90. The first-order valence-corrected chi connectivity index (χ1v) is 5.87. The highest BCUT2D eigenvalue weighted by atomic mass is 15.2. The Morgan fingerprint density at radius 3 is 2.50 bits per heavy atom. The first-order valence-electron chi connectivity index (χ1n) is 5.87. The number of aryl methyl sites for hydroxylation is 1. The van der Waals surface area contributed by atoms with Crippen LogP contribution in [0.4, 0.5) is 5.95 Å². The van der Waals surface area contributed by atoms with Gasteiger partial charge in [0.05, 0.1) is 5.69 Å². The SMILES string of the molecule is Cc1cn(C(C)C)c(NCC(C)N(C)C)n1. The summed E-state index contributed by atoms with van der Waals surface area (Å²) in [6.45, 7) is 9.47. The topological polar surface area (TPSA) is 33.1 Å². The smallest absolute Gasteiger partial charge is 0.203 e. The van der Waals surface area contributed by atoms with E-state index in [4.69, 9.17) is 0 Å². The third-order valence-electron chi connectivity index (χ3n) is 2.85. The van der Waals surface area contributed by atoms with Gasteiger partial charge in [-0.25, -0.2) is 4.98 Å². The summed E-state index contributed by atoms with van der Waals surface area (Å²) in [5.74, 6) is 0.973. The zero-order valence-corrected chi connectivity index (χ0v) is 11.3. The quantitative estimate of drug-likeness (QED) is 0.832. The Hall–Kier alpha value is -1.03. The van der Waals surface area contributed by atoms with Gasteiger partial charge in [0.15, 0.2) is 0 Å². The average Bonchev–Trinajstić information content (AvgIpc) is 2.56. The Morgan fingerprint density at radius 2 is 2.00 bits per heavy atom. The highest BCUT2D eigenvalue weighted by Crippen LogP contribution is 2.15. The number of nitrogens with one attached hydrogen (secondary N) is 1. The fraction of sp³-hybridized carbons (Fsp3) is 0.750. The van der Waals surface area contributed by atoms with Crippen LogP contribution in [0.25, 0.3) is 0 Å². The van der Waals surface area contributed by atoms with E-state index in [1.807, 2.05) is 6.92 Å². The van der Waals surface area contributed by atoms with Crippen LogP contribution in [0, 0.1) is 6.92 Å². The van der Waals surface area contributed by atoms with Gasteiger partial charge in [-0.05, 0) is 41.8 Å². The Morgan fingerprint density at radius 1 is 1.38 bits per heavy atom. The van der Waals surface area contributed by atoms with Crippen molar-refractivity contribution in [2.75, 3.05) is 26.0 Å². The Balaban J connectivity index is 2.66. The highest BCUT2D eigenvalue weighted by molar-refractivity contribution is 5.29. The Kier molecular flexibility index (Phi) is 4.35. The van der Waals surface area contributed by atoms with Crippen LogP contribution in [-0.4, -0.2) is 41.1 Å². The minimum atomic E-state index is 0.443. The van der Waals surface area contributed by atoms with Crippen LogP contribution in [0.5, 0.6) is 0 Å². The van der Waals surface area contributed by atoms with Gasteiger partial charge in [0.25, 0.3) is 0 Å². The lowest BCUT2D eigenvalue weighted by atomic mass is 10.3. The van der Waals surface area contributed by atoms with E-state index >= 15 is 0 Å². The summed E-state index contributed by atoms with van der Waals surface area (Å²) < 4.78 is 2.18. The molecule has 0 aromatic carbocycles. The predicted octanol–water partition coefficient (Wildman–Crippen LogP) is 2.13. The van der Waals surface area contributed by atoms with E-state index in [0.29, 0.717) is 12.1 Å². The van der Waals surface area contributed by atoms with Crippen molar-refractivity contribution >= 4 is 5.95 Å². The summed E-state index contributed by atoms with van der Waals surface area (Å²) in [6.07, 6.45) is 2.09. The molecule has 0 aliphatic rings. The van der Waals surface area contributed by atoms with Crippen molar-refractivity contribution in [1.82, 2.24) is 14.5 Å². The first kappa shape index (κ1) is 13.0. The van der Waals surface area contributed by atoms with E-state index in [1.54, 1.807) is 0 Å². The average molecular weight is 224 g/mol. The molecule has 1 aromatic heterocycles. The summed E-state index contributed by atoms with van der Waals surface area (Å²) in [7, 11) is 4.18. The van der Waals surface area contributed by atoms with Gasteiger partial charge < -0.3 is 14.8 Å². The van der Waals surface area contributed by atoms with Crippen molar-refractivity contribution in [2.45, 2.75) is 39.8 Å². The second-order valence-corrected chi connectivity index (χ2v) is 4.90. The molecular weight excluding hydrogens is 200 g/mol. The highest BCUT2D eigenvalue weighted by Gasteiger charge is 2.10. The fourth-order valence-corrected chi connectivity index (χ4v) is 1.46. The van der Waals surface area contributed by atoms with Gasteiger partial charge in [-0.2, -0.15) is 0 Å². The monoisotopic (exact) mass is 224 g/mol. The number of hydrogen-bond acceptors (Lipinski definition) is 3. The first-order chi connectivity index (χ1) is 7.41. The molecule has 1 aromatic rings. The number of aromatic nitrogens is 2. The van der Waals surface area contributed by atoms with Crippen molar-refractivity contribution in [3.8, 4) is 0 Å². The van der Waals surface area contributed by atoms with Crippen LogP contribution in [0.3, 0.4) is 0 Å². The molecule has 1 N–H and O–H groups in total. The zero-order valence-electron chi connectivity index (χ0n) is 11.3. The van der Waals surface area contributed by atoms with Crippen LogP contribution in [0.15, 0.2) is 6.20 Å². The molecule has 4 nitrogen and oxygen atoms in total. The number of anilines is 1. The third-order valence-corrected chi connectivity index (χ3v) is 2.85. The number of likely N-dealkylation sites (N-methyl/N-ethyl adjacent to an activating group) is 1. The molecule has 0 bridgehead atoms. The van der Waals surface area contributed by atoms with Crippen molar-refractivity contribution in [3.63, 3.8) is 0 Å². The van der Waals surface area contributed by atoms with Gasteiger partial charge in [0.1, 0.15) is 0 Å². The Labute approximate surface area is 98.7 Å². The van der Waals surface area contributed by atoms with Gasteiger partial charge in [0, 0.05) is 24.8 Å². The van der Waals surface area contributed by atoms with Crippen LogP contribution >= 0.6 is 0 Å². The number of rotatable bonds is 5. The largest absolute Gasteiger partial charge is 0.354 e. The molecule has 1 atom stereocenters. The molecular formula is C12H24N4. The van der Waals surface area contributed by atoms with Crippen molar-refractivity contribution in [3.05, 3.63) is 11.9 Å². The van der Waals surface area contributed by atoms with Crippen LogP contribution in [-0.2, 0) is 0 Å². The maximum absolute atomic E-state index is 4.50. The lowest BCUT2D eigenvalue weighted by molar-refractivity contribution is 0.325. The molecule has 0 fully saturated rings. The molecule has 0 aliphatic carbocycles. The van der Waals surface area contributed by atoms with Crippen molar-refractivity contribution in [1.29, 1.82) is 0 Å². The summed E-state index contributed by atoms with van der Waals surface area (Å²) in [4.78, 5) is 6.69. The molecule has 0 saturated heterocycles. The number of nitrogens with zero attached hydrogens (tertiary/aromatic N) is 3. The maximum atomic E-state index is 4.50. The van der Waals surface area contributed by atoms with Gasteiger partial charge in [-0.15, -0.1) is 0 Å². The summed E-state index contributed by atoms with van der Waals surface area (Å²) >= 11 is 0. The molecule has 1 rings (SSSR count). The lowest BCUT2D eigenvalue weighted by Crippen LogP contribution is -2.32. The van der Waals surface area contributed by atoms with Gasteiger partial charge in [-0.1, -0.05) is 0 Å².